The van der Waals surface area contributed by atoms with Gasteiger partial charge in [0.1, 0.15) is 5.56 Å². The largest absolute Gasteiger partial charge is 0.462 e. The highest BCUT2D eigenvalue weighted by molar-refractivity contribution is 6.02. The fourth-order valence-electron chi connectivity index (χ4n) is 3.34. The number of nitrogens with one attached hydrogen (secondary N) is 1. The van der Waals surface area contributed by atoms with E-state index in [-0.39, 0.29) is 41.8 Å². The minimum atomic E-state index is -0.566. The van der Waals surface area contributed by atoms with Crippen LogP contribution in [0.2, 0.25) is 0 Å². The lowest BCUT2D eigenvalue weighted by atomic mass is 10.1. The molecule has 8 heteroatoms. The molecule has 0 aliphatic carbocycles. The summed E-state index contributed by atoms with van der Waals surface area (Å²) in [5.41, 5.74) is 0.506. The average Bonchev–Trinajstić information content (AvgIpc) is 3.26. The number of para-hydroxylation sites is 1. The van der Waals surface area contributed by atoms with Crippen molar-refractivity contribution in [3.63, 3.8) is 0 Å². The van der Waals surface area contributed by atoms with E-state index in [0.29, 0.717) is 12.2 Å². The molecule has 1 unspecified atom stereocenters. The quantitative estimate of drug-likeness (QED) is 0.782. The first-order valence-electron chi connectivity index (χ1n) is 9.64. The number of rotatable bonds is 5. The Bertz CT molecular complexity index is 915. The van der Waals surface area contributed by atoms with Gasteiger partial charge in [-0.25, -0.2) is 9.48 Å². The van der Waals surface area contributed by atoms with Crippen molar-refractivity contribution >= 4 is 23.6 Å². The average molecular weight is 398 g/mol. The minimum Gasteiger partial charge on any atom is -0.462 e. The van der Waals surface area contributed by atoms with Crippen LogP contribution in [-0.2, 0) is 14.3 Å². The maximum atomic E-state index is 13.0. The van der Waals surface area contributed by atoms with Crippen LogP contribution >= 0.6 is 0 Å². The van der Waals surface area contributed by atoms with E-state index in [9.17, 15) is 14.4 Å². The lowest BCUT2D eigenvalue weighted by Gasteiger charge is -2.31. The van der Waals surface area contributed by atoms with Crippen LogP contribution in [0, 0.1) is 5.92 Å². The van der Waals surface area contributed by atoms with Gasteiger partial charge < -0.3 is 15.0 Å². The van der Waals surface area contributed by atoms with Crippen LogP contribution in [0.1, 0.15) is 44.5 Å². The lowest BCUT2D eigenvalue weighted by molar-refractivity contribution is -0.131. The molecule has 1 fully saturated rings. The molecule has 1 N–H and O–H groups in total. The molecule has 0 bridgehead atoms. The highest BCUT2D eigenvalue weighted by Crippen LogP contribution is 2.28. The van der Waals surface area contributed by atoms with Crippen LogP contribution in [0.15, 0.2) is 36.5 Å². The topological polar surface area (TPSA) is 93.5 Å². The smallest absolute Gasteiger partial charge is 0.343 e. The lowest BCUT2D eigenvalue weighted by Crippen LogP contribution is -2.42. The fourth-order valence-corrected chi connectivity index (χ4v) is 3.34. The summed E-state index contributed by atoms with van der Waals surface area (Å²) in [6, 6.07) is 9.17. The predicted octanol–water partition coefficient (Wildman–Crippen LogP) is 2.63. The summed E-state index contributed by atoms with van der Waals surface area (Å²) < 4.78 is 6.59. The molecule has 0 spiro atoms. The molecule has 2 heterocycles. The number of benzene rings is 1. The van der Waals surface area contributed by atoms with Crippen molar-refractivity contribution in [3.05, 3.63) is 42.1 Å². The van der Waals surface area contributed by atoms with Gasteiger partial charge in [-0.15, -0.1) is 0 Å². The van der Waals surface area contributed by atoms with E-state index in [0.717, 1.165) is 0 Å². The number of anilines is 1. The number of nitrogens with zero attached hydrogens (tertiary/aromatic N) is 3. The van der Waals surface area contributed by atoms with Crippen LogP contribution < -0.4 is 5.32 Å². The summed E-state index contributed by atoms with van der Waals surface area (Å²) in [5.74, 6) is -1.21. The second kappa shape index (κ2) is 8.06. The monoisotopic (exact) mass is 398 g/mol. The Balaban J connectivity index is 1.89. The molecule has 0 saturated carbocycles. The van der Waals surface area contributed by atoms with Crippen LogP contribution in [-0.4, -0.2) is 51.2 Å². The van der Waals surface area contributed by atoms with Crippen molar-refractivity contribution in [2.75, 3.05) is 18.5 Å². The molecule has 154 valence electrons. The van der Waals surface area contributed by atoms with Crippen LogP contribution in [0.5, 0.6) is 0 Å². The SMILES string of the molecule is CCOC(=O)c1cnn(-c2ccccc2)c1NC(=O)C1CC(=O)N(C(C)(C)C)C1. The molecule has 8 nitrogen and oxygen atoms in total. The first kappa shape index (κ1) is 20.6. The van der Waals surface area contributed by atoms with Crippen molar-refractivity contribution in [1.29, 1.82) is 0 Å². The molecule has 0 radical (unpaired) electrons. The van der Waals surface area contributed by atoms with Gasteiger partial charge in [0.2, 0.25) is 11.8 Å². The number of aromatic nitrogens is 2. The number of carbonyl (C=O) groups is 3. The second-order valence-corrected chi connectivity index (χ2v) is 7.94. The molecule has 1 atom stereocenters. The van der Waals surface area contributed by atoms with Gasteiger partial charge in [0, 0.05) is 18.5 Å². The van der Waals surface area contributed by atoms with Gasteiger partial charge in [0.25, 0.3) is 0 Å². The van der Waals surface area contributed by atoms with E-state index in [1.54, 1.807) is 11.8 Å². The molecule has 1 aromatic heterocycles. The number of likely N-dealkylation sites (tertiary alicyclic amines) is 1. The highest BCUT2D eigenvalue weighted by atomic mass is 16.5. The first-order chi connectivity index (χ1) is 13.7. The van der Waals surface area contributed by atoms with Crippen molar-refractivity contribution < 1.29 is 19.1 Å². The van der Waals surface area contributed by atoms with Gasteiger partial charge in [0.05, 0.1) is 24.4 Å². The molecular weight excluding hydrogens is 372 g/mol. The number of hydrogen-bond acceptors (Lipinski definition) is 5. The Hall–Kier alpha value is -3.16. The van der Waals surface area contributed by atoms with Crippen LogP contribution in [0.4, 0.5) is 5.82 Å². The third-order valence-electron chi connectivity index (χ3n) is 4.81. The number of hydrogen-bond donors (Lipinski definition) is 1. The van der Waals surface area contributed by atoms with Gasteiger partial charge in [-0.2, -0.15) is 5.10 Å². The number of esters is 1. The zero-order valence-corrected chi connectivity index (χ0v) is 17.1. The molecule has 1 aliphatic rings. The zero-order valence-electron chi connectivity index (χ0n) is 17.1. The Morgan fingerprint density at radius 3 is 2.52 bits per heavy atom. The molecular formula is C21H26N4O4. The summed E-state index contributed by atoms with van der Waals surface area (Å²) in [6.07, 6.45) is 1.51. The molecule has 29 heavy (non-hydrogen) atoms. The van der Waals surface area contributed by atoms with Gasteiger partial charge in [-0.05, 0) is 39.8 Å². The van der Waals surface area contributed by atoms with Crippen molar-refractivity contribution in [2.24, 2.45) is 5.92 Å². The van der Waals surface area contributed by atoms with Crippen molar-refractivity contribution in [2.45, 2.75) is 39.7 Å². The maximum absolute atomic E-state index is 13.0. The molecule has 3 rings (SSSR count). The fraction of sp³-hybridized carbons (Fsp3) is 0.429. The highest BCUT2D eigenvalue weighted by Gasteiger charge is 2.40. The Morgan fingerprint density at radius 2 is 1.93 bits per heavy atom. The second-order valence-electron chi connectivity index (χ2n) is 7.94. The third-order valence-corrected chi connectivity index (χ3v) is 4.81. The summed E-state index contributed by atoms with van der Waals surface area (Å²) >= 11 is 0. The number of amides is 2. The van der Waals surface area contributed by atoms with E-state index in [1.807, 2.05) is 51.1 Å². The van der Waals surface area contributed by atoms with E-state index in [4.69, 9.17) is 4.74 Å². The van der Waals surface area contributed by atoms with E-state index in [1.165, 1.54) is 10.9 Å². The van der Waals surface area contributed by atoms with Gasteiger partial charge in [-0.1, -0.05) is 18.2 Å². The zero-order chi connectivity index (χ0) is 21.2. The predicted molar refractivity (Wildman–Crippen MR) is 108 cm³/mol. The maximum Gasteiger partial charge on any atom is 0.343 e. The Labute approximate surface area is 169 Å². The minimum absolute atomic E-state index is 0.0557. The molecule has 1 aliphatic heterocycles. The van der Waals surface area contributed by atoms with Crippen LogP contribution in [0.3, 0.4) is 0 Å². The van der Waals surface area contributed by atoms with E-state index in [2.05, 4.69) is 10.4 Å². The normalized spacial score (nSPS) is 16.8. The van der Waals surface area contributed by atoms with Gasteiger partial charge in [0.15, 0.2) is 5.82 Å². The van der Waals surface area contributed by atoms with Crippen molar-refractivity contribution in [1.82, 2.24) is 14.7 Å². The van der Waals surface area contributed by atoms with E-state index >= 15 is 0 Å². The summed E-state index contributed by atoms with van der Waals surface area (Å²) in [7, 11) is 0. The van der Waals surface area contributed by atoms with Crippen LogP contribution in [0.25, 0.3) is 5.69 Å². The molecule has 1 aromatic carbocycles. The Kier molecular flexibility index (Phi) is 5.72. The summed E-state index contributed by atoms with van der Waals surface area (Å²) in [5, 5.41) is 7.08. The van der Waals surface area contributed by atoms with E-state index < -0.39 is 11.9 Å². The summed E-state index contributed by atoms with van der Waals surface area (Å²) in [6.45, 7) is 8.07. The molecule has 1 saturated heterocycles. The summed E-state index contributed by atoms with van der Waals surface area (Å²) in [4.78, 5) is 39.4. The van der Waals surface area contributed by atoms with Gasteiger partial charge >= 0.3 is 5.97 Å². The number of ether oxygens (including phenoxy) is 1. The number of carbonyl (C=O) groups excluding carboxylic acids is 3. The standard InChI is InChI=1S/C21H26N4O4/c1-5-29-20(28)16-12-22-25(15-9-7-6-8-10-15)18(16)23-19(27)14-11-17(26)24(13-14)21(2,3)4/h6-10,12,14H,5,11,13H2,1-4H3,(H,23,27). The molecule has 2 amide bonds. The molecule has 2 aromatic rings. The van der Waals surface area contributed by atoms with Crippen molar-refractivity contribution in [3.8, 4) is 5.69 Å². The van der Waals surface area contributed by atoms with Gasteiger partial charge in [-0.3, -0.25) is 9.59 Å². The first-order valence-corrected chi connectivity index (χ1v) is 9.64. The third kappa shape index (κ3) is 4.31. The Morgan fingerprint density at radius 1 is 1.24 bits per heavy atom.